The molecule has 2 heteroatoms. The van der Waals surface area contributed by atoms with Gasteiger partial charge in [0.15, 0.2) is 0 Å². The predicted octanol–water partition coefficient (Wildman–Crippen LogP) is 1.50. The van der Waals surface area contributed by atoms with E-state index in [1.165, 1.54) is 5.57 Å². The third kappa shape index (κ3) is 1.53. The maximum absolute atomic E-state index is 5.77. The van der Waals surface area contributed by atoms with Gasteiger partial charge >= 0.3 is 0 Å². The molecule has 0 radical (unpaired) electrons. The Morgan fingerprint density at radius 1 is 1.50 bits per heavy atom. The first-order chi connectivity index (χ1) is 5.46. The first-order valence-corrected chi connectivity index (χ1v) is 4.28. The monoisotopic (exact) mass is 166 g/mol. The molecule has 0 saturated carbocycles. The highest BCUT2D eigenvalue weighted by Gasteiger charge is 2.25. The molecule has 1 unspecified atom stereocenters. The van der Waals surface area contributed by atoms with Crippen LogP contribution in [-0.2, 0) is 0 Å². The van der Waals surface area contributed by atoms with Crippen LogP contribution in [0.4, 0.5) is 0 Å². The highest BCUT2D eigenvalue weighted by atomic mass is 15.1. The zero-order valence-electron chi connectivity index (χ0n) is 8.39. The van der Waals surface area contributed by atoms with Crippen molar-refractivity contribution in [1.29, 1.82) is 0 Å². The average Bonchev–Trinajstić information content (AvgIpc) is 1.97. The number of rotatable bonds is 1. The molecular formula is C10H18N2. The highest BCUT2D eigenvalue weighted by molar-refractivity contribution is 5.34. The molecule has 68 valence electrons. The molecule has 0 amide bonds. The predicted molar refractivity (Wildman–Crippen MR) is 52.7 cm³/mol. The molecule has 2 nitrogen and oxygen atoms in total. The van der Waals surface area contributed by atoms with Crippen LogP contribution in [0, 0.1) is 0 Å². The Morgan fingerprint density at radius 2 is 2.08 bits per heavy atom. The maximum atomic E-state index is 5.77. The second-order valence-electron chi connectivity index (χ2n) is 3.94. The molecule has 1 aliphatic rings. The van der Waals surface area contributed by atoms with Crippen LogP contribution in [0.1, 0.15) is 20.3 Å². The lowest BCUT2D eigenvalue weighted by molar-refractivity contribution is 0.228. The zero-order chi connectivity index (χ0) is 9.35. The quantitative estimate of drug-likeness (QED) is 0.639. The van der Waals surface area contributed by atoms with Crippen molar-refractivity contribution in [2.45, 2.75) is 25.8 Å². The lowest BCUT2D eigenvalue weighted by Crippen LogP contribution is -2.40. The third-order valence-electron chi connectivity index (χ3n) is 2.74. The summed E-state index contributed by atoms with van der Waals surface area (Å²) in [6.07, 6.45) is 5.35. The summed E-state index contributed by atoms with van der Waals surface area (Å²) in [5.41, 5.74) is 8.04. The maximum Gasteiger partial charge on any atom is 0.0398 e. The summed E-state index contributed by atoms with van der Waals surface area (Å²) in [7, 11) is 4.19. The topological polar surface area (TPSA) is 29.3 Å². The van der Waals surface area contributed by atoms with Gasteiger partial charge in [-0.2, -0.15) is 0 Å². The lowest BCUT2D eigenvalue weighted by atomic mass is 9.88. The summed E-state index contributed by atoms with van der Waals surface area (Å²) < 4.78 is 0. The van der Waals surface area contributed by atoms with Crippen molar-refractivity contribution < 1.29 is 0 Å². The molecule has 1 rings (SSSR count). The number of hydrogen-bond donors (Lipinski definition) is 1. The smallest absolute Gasteiger partial charge is 0.0398 e. The molecule has 0 saturated heterocycles. The summed E-state index contributed by atoms with van der Waals surface area (Å²) in [5.74, 6) is 0. The molecule has 12 heavy (non-hydrogen) atoms. The fourth-order valence-corrected chi connectivity index (χ4v) is 1.40. The fraction of sp³-hybridized carbons (Fsp3) is 0.600. The molecular weight excluding hydrogens is 148 g/mol. The minimum absolute atomic E-state index is 0.146. The summed E-state index contributed by atoms with van der Waals surface area (Å²) in [5, 5.41) is 0. The van der Waals surface area contributed by atoms with Crippen molar-refractivity contribution >= 4 is 0 Å². The third-order valence-corrected chi connectivity index (χ3v) is 2.74. The van der Waals surface area contributed by atoms with Gasteiger partial charge in [-0.05, 0) is 39.9 Å². The molecule has 0 aliphatic heterocycles. The van der Waals surface area contributed by atoms with Crippen LogP contribution in [0.2, 0.25) is 0 Å². The van der Waals surface area contributed by atoms with E-state index in [4.69, 9.17) is 5.73 Å². The number of nitrogens with two attached hydrogens (primary N) is 1. The molecule has 0 fully saturated rings. The minimum atomic E-state index is 0.146. The van der Waals surface area contributed by atoms with E-state index in [0.29, 0.717) is 0 Å². The summed E-state index contributed by atoms with van der Waals surface area (Å²) in [6.45, 7) is 4.28. The van der Waals surface area contributed by atoms with E-state index < -0.39 is 0 Å². The minimum Gasteiger partial charge on any atom is -0.399 e. The molecule has 0 aromatic heterocycles. The normalized spacial score (nSPS) is 30.1. The van der Waals surface area contributed by atoms with Crippen molar-refractivity contribution in [3.63, 3.8) is 0 Å². The molecule has 0 bridgehead atoms. The van der Waals surface area contributed by atoms with Crippen LogP contribution in [0.15, 0.2) is 23.4 Å². The van der Waals surface area contributed by atoms with Gasteiger partial charge in [0.05, 0.1) is 0 Å². The van der Waals surface area contributed by atoms with E-state index in [1.807, 2.05) is 0 Å². The molecule has 1 aliphatic carbocycles. The van der Waals surface area contributed by atoms with Crippen molar-refractivity contribution in [3.05, 3.63) is 23.4 Å². The van der Waals surface area contributed by atoms with E-state index >= 15 is 0 Å². The van der Waals surface area contributed by atoms with Crippen molar-refractivity contribution in [1.82, 2.24) is 4.90 Å². The van der Waals surface area contributed by atoms with E-state index in [1.54, 1.807) is 0 Å². The van der Waals surface area contributed by atoms with Crippen LogP contribution < -0.4 is 5.73 Å². The second-order valence-corrected chi connectivity index (χ2v) is 3.94. The Kier molecular flexibility index (Phi) is 2.29. The van der Waals surface area contributed by atoms with Gasteiger partial charge in [-0.1, -0.05) is 12.2 Å². The Bertz CT molecular complexity index is 238. The van der Waals surface area contributed by atoms with Crippen LogP contribution >= 0.6 is 0 Å². The van der Waals surface area contributed by atoms with Crippen LogP contribution in [0.5, 0.6) is 0 Å². The van der Waals surface area contributed by atoms with Gasteiger partial charge < -0.3 is 10.6 Å². The van der Waals surface area contributed by atoms with Crippen LogP contribution in [0.3, 0.4) is 0 Å². The van der Waals surface area contributed by atoms with Gasteiger partial charge in [0.2, 0.25) is 0 Å². The fourth-order valence-electron chi connectivity index (χ4n) is 1.40. The van der Waals surface area contributed by atoms with Gasteiger partial charge in [-0.3, -0.25) is 0 Å². The molecule has 0 aromatic rings. The Labute approximate surface area is 74.7 Å². The van der Waals surface area contributed by atoms with E-state index in [0.717, 1.165) is 12.1 Å². The summed E-state index contributed by atoms with van der Waals surface area (Å²) >= 11 is 0. The van der Waals surface area contributed by atoms with Crippen molar-refractivity contribution in [2.75, 3.05) is 14.1 Å². The first-order valence-electron chi connectivity index (χ1n) is 4.28. The SMILES string of the molecule is CC1=CC(C)(N(C)C)CC=C1N. The van der Waals surface area contributed by atoms with Crippen molar-refractivity contribution in [3.8, 4) is 0 Å². The van der Waals surface area contributed by atoms with Gasteiger partial charge in [0.1, 0.15) is 0 Å². The van der Waals surface area contributed by atoms with E-state index in [2.05, 4.69) is 45.0 Å². The van der Waals surface area contributed by atoms with Gasteiger partial charge in [-0.15, -0.1) is 0 Å². The molecule has 0 spiro atoms. The lowest BCUT2D eigenvalue weighted by Gasteiger charge is -2.36. The highest BCUT2D eigenvalue weighted by Crippen LogP contribution is 2.27. The first kappa shape index (κ1) is 9.33. The van der Waals surface area contributed by atoms with Gasteiger partial charge in [0.25, 0.3) is 0 Å². The van der Waals surface area contributed by atoms with E-state index in [-0.39, 0.29) is 5.54 Å². The van der Waals surface area contributed by atoms with Crippen LogP contribution in [0.25, 0.3) is 0 Å². The second kappa shape index (κ2) is 2.94. The Hall–Kier alpha value is -0.760. The largest absolute Gasteiger partial charge is 0.399 e. The number of likely N-dealkylation sites (N-methyl/N-ethyl adjacent to an activating group) is 1. The Morgan fingerprint density at radius 3 is 2.50 bits per heavy atom. The molecule has 2 N–H and O–H groups in total. The van der Waals surface area contributed by atoms with E-state index in [9.17, 15) is 0 Å². The number of nitrogens with zero attached hydrogens (tertiary/aromatic N) is 1. The number of hydrogen-bond acceptors (Lipinski definition) is 2. The number of allylic oxidation sites excluding steroid dienone is 1. The molecule has 1 atom stereocenters. The summed E-state index contributed by atoms with van der Waals surface area (Å²) in [4.78, 5) is 2.22. The zero-order valence-corrected chi connectivity index (χ0v) is 8.39. The molecule has 0 heterocycles. The Balaban J connectivity index is 2.90. The van der Waals surface area contributed by atoms with Gasteiger partial charge in [0, 0.05) is 11.2 Å². The van der Waals surface area contributed by atoms with Gasteiger partial charge in [-0.25, -0.2) is 0 Å². The van der Waals surface area contributed by atoms with Crippen molar-refractivity contribution in [2.24, 2.45) is 5.73 Å². The average molecular weight is 166 g/mol. The standard InChI is InChI=1S/C10H18N2/c1-8-7-10(2,12(3)4)6-5-9(8)11/h5,7H,6,11H2,1-4H3. The van der Waals surface area contributed by atoms with Crippen LogP contribution in [-0.4, -0.2) is 24.5 Å². The molecule has 0 aromatic carbocycles. The summed E-state index contributed by atoms with van der Waals surface area (Å²) in [6, 6.07) is 0.